The van der Waals surface area contributed by atoms with Crippen LogP contribution in [-0.2, 0) is 10.3 Å². The van der Waals surface area contributed by atoms with Crippen LogP contribution in [0.5, 0.6) is 11.6 Å². The Balaban J connectivity index is 1.90. The third-order valence-electron chi connectivity index (χ3n) is 4.99. The van der Waals surface area contributed by atoms with Crippen LogP contribution in [0.3, 0.4) is 0 Å². The van der Waals surface area contributed by atoms with Crippen molar-refractivity contribution in [3.8, 4) is 35.3 Å². The molecule has 2 aromatic rings. The van der Waals surface area contributed by atoms with Crippen LogP contribution >= 0.6 is 0 Å². The first-order valence-electron chi connectivity index (χ1n) is 10.8. The number of aromatic nitrogens is 1. The summed E-state index contributed by atoms with van der Waals surface area (Å²) in [7, 11) is 0. The van der Waals surface area contributed by atoms with Gasteiger partial charge < -0.3 is 15.2 Å². The van der Waals surface area contributed by atoms with Gasteiger partial charge in [0.05, 0.1) is 12.2 Å². The average molecular weight is 428 g/mol. The minimum Gasteiger partial charge on any atom is -0.438 e. The van der Waals surface area contributed by atoms with Gasteiger partial charge in [-0.2, -0.15) is 0 Å². The van der Waals surface area contributed by atoms with Gasteiger partial charge in [-0.05, 0) is 65.8 Å². The Morgan fingerprint density at radius 2 is 1.59 bits per heavy atom. The number of fused-ring (bicyclic) bond motifs is 4. The van der Waals surface area contributed by atoms with Crippen LogP contribution in [0.15, 0.2) is 35.5 Å². The van der Waals surface area contributed by atoms with E-state index in [0.717, 1.165) is 22.3 Å². The number of ether oxygens (including phenoxy) is 2. The molecule has 0 bridgehead atoms. The van der Waals surface area contributed by atoms with E-state index in [0.29, 0.717) is 30.7 Å². The first kappa shape index (κ1) is 21.9. The van der Waals surface area contributed by atoms with Crippen molar-refractivity contribution in [2.45, 2.75) is 47.1 Å². The lowest BCUT2D eigenvalue weighted by Gasteiger charge is -2.38. The lowest BCUT2D eigenvalue weighted by atomic mass is 9.80. The molecule has 0 saturated carbocycles. The summed E-state index contributed by atoms with van der Waals surface area (Å²) in [5.74, 6) is 14.7. The highest BCUT2D eigenvalue weighted by molar-refractivity contribution is 5.83. The smallest absolute Gasteiger partial charge is 0.225 e. The summed E-state index contributed by atoms with van der Waals surface area (Å²) in [4.78, 5) is 9.48. The minimum absolute atomic E-state index is 0.0994. The predicted molar refractivity (Wildman–Crippen MR) is 127 cm³/mol. The van der Waals surface area contributed by atoms with E-state index >= 15 is 0 Å². The fraction of sp³-hybridized carbons (Fsp3) is 0.407. The van der Waals surface area contributed by atoms with Gasteiger partial charge in [-0.1, -0.05) is 23.7 Å². The number of nitrogens with two attached hydrogens (primary N) is 1. The van der Waals surface area contributed by atoms with Crippen molar-refractivity contribution < 1.29 is 9.47 Å². The summed E-state index contributed by atoms with van der Waals surface area (Å²) < 4.78 is 12.1. The Labute approximate surface area is 190 Å². The van der Waals surface area contributed by atoms with E-state index in [1.165, 1.54) is 0 Å². The molecule has 4 rings (SSSR count). The van der Waals surface area contributed by atoms with Crippen molar-refractivity contribution in [1.29, 1.82) is 0 Å². The lowest BCUT2D eigenvalue weighted by Crippen LogP contribution is -2.42. The molecule has 1 atom stereocenters. The molecule has 5 heteroatoms. The number of hydrogen-bond acceptors (Lipinski definition) is 5. The van der Waals surface area contributed by atoms with Crippen molar-refractivity contribution in [2.75, 3.05) is 13.2 Å². The molecule has 1 aromatic carbocycles. The molecule has 0 amide bonds. The lowest BCUT2D eigenvalue weighted by molar-refractivity contribution is 0.109. The number of pyridine rings is 1. The van der Waals surface area contributed by atoms with Gasteiger partial charge in [-0.25, -0.2) is 4.98 Å². The maximum atomic E-state index is 6.17. The van der Waals surface area contributed by atoms with Crippen molar-refractivity contribution in [3.63, 3.8) is 0 Å². The van der Waals surface area contributed by atoms with E-state index in [1.807, 2.05) is 24.3 Å². The summed E-state index contributed by atoms with van der Waals surface area (Å²) in [6.45, 7) is 13.1. The van der Waals surface area contributed by atoms with E-state index in [9.17, 15) is 0 Å². The third-order valence-corrected chi connectivity index (χ3v) is 4.99. The van der Waals surface area contributed by atoms with Gasteiger partial charge in [-0.3, -0.25) is 4.99 Å². The summed E-state index contributed by atoms with van der Waals surface area (Å²) >= 11 is 0. The van der Waals surface area contributed by atoms with Gasteiger partial charge in [0.1, 0.15) is 23.7 Å². The molecule has 2 aliphatic heterocycles. The van der Waals surface area contributed by atoms with Crippen LogP contribution in [-0.4, -0.2) is 24.0 Å². The summed E-state index contributed by atoms with van der Waals surface area (Å²) in [6.07, 6.45) is 1.73. The molecule has 1 aromatic heterocycles. The second kappa shape index (κ2) is 7.69. The number of nitrogens with zero attached hydrogens (tertiary/aromatic N) is 2. The standard InChI is InChI=1S/C27H29N3O2/c1-25(2,3)11-9-18-7-8-22-20(13-18)27(17-31-16-23(28)30-27)21-14-19(10-12-26(4,5)6)15-29-24(21)32-22/h7-8,13-15H,16-17H2,1-6H3,(H2,28,30). The van der Waals surface area contributed by atoms with Crippen LogP contribution in [0.4, 0.5) is 0 Å². The first-order chi connectivity index (χ1) is 15.0. The first-order valence-corrected chi connectivity index (χ1v) is 10.8. The Morgan fingerprint density at radius 3 is 2.25 bits per heavy atom. The van der Waals surface area contributed by atoms with Gasteiger partial charge in [0.25, 0.3) is 0 Å². The van der Waals surface area contributed by atoms with E-state index in [2.05, 4.69) is 70.2 Å². The van der Waals surface area contributed by atoms with Crippen molar-refractivity contribution in [1.82, 2.24) is 4.98 Å². The van der Waals surface area contributed by atoms with E-state index in [-0.39, 0.29) is 10.8 Å². The molecular formula is C27H29N3O2. The molecule has 3 heterocycles. The number of amidine groups is 1. The molecular weight excluding hydrogens is 398 g/mol. The van der Waals surface area contributed by atoms with Gasteiger partial charge in [0, 0.05) is 33.7 Å². The molecule has 0 aliphatic carbocycles. The normalized spacial score (nSPS) is 19.4. The second-order valence-corrected chi connectivity index (χ2v) is 10.3. The highest BCUT2D eigenvalue weighted by Gasteiger charge is 2.45. The molecule has 5 nitrogen and oxygen atoms in total. The third kappa shape index (κ3) is 4.49. The Hall–Kier alpha value is -3.28. The highest BCUT2D eigenvalue weighted by Crippen LogP contribution is 2.49. The largest absolute Gasteiger partial charge is 0.438 e. The van der Waals surface area contributed by atoms with Crippen LogP contribution < -0.4 is 10.5 Å². The SMILES string of the molecule is CC(C)(C)C#Cc1ccc2c(c1)C1(COCC(N)=N1)c1cc(C#CC(C)(C)C)cnc1O2. The maximum absolute atomic E-state index is 6.17. The minimum atomic E-state index is -0.850. The van der Waals surface area contributed by atoms with Gasteiger partial charge >= 0.3 is 0 Å². The Kier molecular flexibility index (Phi) is 5.27. The van der Waals surface area contributed by atoms with Gasteiger partial charge in [0.15, 0.2) is 0 Å². The fourth-order valence-electron chi connectivity index (χ4n) is 3.58. The molecule has 164 valence electrons. The zero-order valence-corrected chi connectivity index (χ0v) is 19.6. The molecule has 0 saturated heterocycles. The van der Waals surface area contributed by atoms with E-state index in [1.54, 1.807) is 6.20 Å². The molecule has 1 unspecified atom stereocenters. The summed E-state index contributed by atoms with van der Waals surface area (Å²) in [5, 5.41) is 0. The fourth-order valence-corrected chi connectivity index (χ4v) is 3.58. The average Bonchev–Trinajstić information content (AvgIpc) is 2.70. The zero-order chi connectivity index (χ0) is 23.1. The predicted octanol–water partition coefficient (Wildman–Crippen LogP) is 4.61. The maximum Gasteiger partial charge on any atom is 0.225 e. The van der Waals surface area contributed by atoms with Crippen LogP contribution in [0.25, 0.3) is 0 Å². The number of rotatable bonds is 0. The monoisotopic (exact) mass is 427 g/mol. The summed E-state index contributed by atoms with van der Waals surface area (Å²) in [6, 6.07) is 7.89. The number of benzene rings is 1. The number of aliphatic imine (C=N–C) groups is 1. The van der Waals surface area contributed by atoms with Crippen molar-refractivity contribution in [2.24, 2.45) is 21.6 Å². The summed E-state index contributed by atoms with van der Waals surface area (Å²) in [5.41, 5.74) is 8.46. The van der Waals surface area contributed by atoms with E-state index < -0.39 is 5.54 Å². The second-order valence-electron chi connectivity index (χ2n) is 10.3. The molecule has 0 radical (unpaired) electrons. The molecule has 1 spiro atoms. The van der Waals surface area contributed by atoms with Crippen LogP contribution in [0.1, 0.15) is 63.8 Å². The Bertz CT molecular complexity index is 1140. The van der Waals surface area contributed by atoms with Gasteiger partial charge in [-0.15, -0.1) is 0 Å². The van der Waals surface area contributed by atoms with E-state index in [4.69, 9.17) is 20.2 Å². The quantitative estimate of drug-likeness (QED) is 0.623. The van der Waals surface area contributed by atoms with Gasteiger partial charge in [0.2, 0.25) is 5.88 Å². The molecule has 2 aliphatic rings. The van der Waals surface area contributed by atoms with Crippen LogP contribution in [0.2, 0.25) is 0 Å². The zero-order valence-electron chi connectivity index (χ0n) is 19.6. The number of hydrogen-bond donors (Lipinski definition) is 1. The highest BCUT2D eigenvalue weighted by atomic mass is 16.5. The molecule has 2 N–H and O–H groups in total. The molecule has 0 fully saturated rings. The van der Waals surface area contributed by atoms with Crippen molar-refractivity contribution in [3.05, 3.63) is 52.7 Å². The Morgan fingerprint density at radius 1 is 0.938 bits per heavy atom. The van der Waals surface area contributed by atoms with Crippen molar-refractivity contribution >= 4 is 5.84 Å². The van der Waals surface area contributed by atoms with Crippen LogP contribution in [0, 0.1) is 34.5 Å². The molecule has 32 heavy (non-hydrogen) atoms. The topological polar surface area (TPSA) is 69.7 Å².